The van der Waals surface area contributed by atoms with Crippen molar-refractivity contribution in [1.82, 2.24) is 9.97 Å². The summed E-state index contributed by atoms with van der Waals surface area (Å²) >= 11 is 0. The van der Waals surface area contributed by atoms with Crippen LogP contribution in [0.25, 0.3) is 0 Å². The van der Waals surface area contributed by atoms with E-state index >= 15 is 0 Å². The molecule has 0 amide bonds. The van der Waals surface area contributed by atoms with Gasteiger partial charge in [0, 0.05) is 19.6 Å². The first-order chi connectivity index (χ1) is 13.1. The van der Waals surface area contributed by atoms with Crippen molar-refractivity contribution in [3.63, 3.8) is 0 Å². The molecule has 2 aromatic rings. The maximum Gasteiger partial charge on any atom is 0.353 e. The average molecular weight is 371 g/mol. The Labute approximate surface area is 156 Å². The third kappa shape index (κ3) is 3.57. The summed E-state index contributed by atoms with van der Waals surface area (Å²) in [5, 5.41) is 14.8. The molecule has 0 unspecified atom stereocenters. The van der Waals surface area contributed by atoms with Crippen LogP contribution in [0.5, 0.6) is 11.5 Å². The molecule has 27 heavy (non-hydrogen) atoms. The molecular formula is C18H21N5O4. The molecular weight excluding hydrogens is 350 g/mol. The van der Waals surface area contributed by atoms with Crippen LogP contribution >= 0.6 is 0 Å². The summed E-state index contributed by atoms with van der Waals surface area (Å²) in [6, 6.07) is 5.57. The number of nitrogens with one attached hydrogen (secondary N) is 1. The Balaban J connectivity index is 1.55. The van der Waals surface area contributed by atoms with E-state index in [1.54, 1.807) is 0 Å². The van der Waals surface area contributed by atoms with Gasteiger partial charge in [-0.25, -0.2) is 9.97 Å². The van der Waals surface area contributed by atoms with E-state index in [0.29, 0.717) is 29.8 Å². The van der Waals surface area contributed by atoms with Gasteiger partial charge in [0.1, 0.15) is 6.33 Å². The lowest BCUT2D eigenvalue weighted by molar-refractivity contribution is -0.383. The normalized spacial score (nSPS) is 16.4. The van der Waals surface area contributed by atoms with Gasteiger partial charge in [-0.15, -0.1) is 0 Å². The van der Waals surface area contributed by atoms with Gasteiger partial charge in [0.2, 0.25) is 18.4 Å². The quantitative estimate of drug-likeness (QED) is 0.632. The highest BCUT2D eigenvalue weighted by atomic mass is 16.7. The van der Waals surface area contributed by atoms with Gasteiger partial charge in [0.25, 0.3) is 0 Å². The van der Waals surface area contributed by atoms with E-state index in [1.807, 2.05) is 23.1 Å². The zero-order valence-corrected chi connectivity index (χ0v) is 15.1. The fourth-order valence-corrected chi connectivity index (χ4v) is 3.36. The molecule has 1 aromatic carbocycles. The molecule has 0 atom stereocenters. The van der Waals surface area contributed by atoms with E-state index < -0.39 is 4.92 Å². The lowest BCUT2D eigenvalue weighted by Crippen LogP contribution is -2.34. The Morgan fingerprint density at radius 2 is 2.04 bits per heavy atom. The summed E-state index contributed by atoms with van der Waals surface area (Å²) in [6.07, 6.45) is 3.38. The third-order valence-corrected chi connectivity index (χ3v) is 4.97. The van der Waals surface area contributed by atoms with Gasteiger partial charge < -0.3 is 19.7 Å². The number of hydrogen-bond donors (Lipinski definition) is 1. The number of piperidine rings is 1. The summed E-state index contributed by atoms with van der Waals surface area (Å²) in [7, 11) is 0. The van der Waals surface area contributed by atoms with Crippen molar-refractivity contribution in [1.29, 1.82) is 0 Å². The molecule has 0 saturated carbocycles. The molecule has 2 aliphatic heterocycles. The number of nitrogens with zero attached hydrogens (tertiary/aromatic N) is 4. The lowest BCUT2D eigenvalue weighted by atomic mass is 9.99. The molecule has 142 valence electrons. The molecule has 4 rings (SSSR count). The maximum absolute atomic E-state index is 11.7. The lowest BCUT2D eigenvalue weighted by Gasteiger charge is -2.30. The van der Waals surface area contributed by atoms with Crippen molar-refractivity contribution in [3.8, 4) is 11.5 Å². The number of hydrogen-bond acceptors (Lipinski definition) is 8. The summed E-state index contributed by atoms with van der Waals surface area (Å²) in [5.41, 5.74) is 0.841. The van der Waals surface area contributed by atoms with E-state index in [-0.39, 0.29) is 18.3 Å². The van der Waals surface area contributed by atoms with Crippen molar-refractivity contribution in [2.45, 2.75) is 26.3 Å². The number of fused-ring (bicyclic) bond motifs is 1. The second-order valence-electron chi connectivity index (χ2n) is 6.86. The Kier molecular flexibility index (Phi) is 4.66. The van der Waals surface area contributed by atoms with Gasteiger partial charge in [-0.1, -0.05) is 13.0 Å². The highest BCUT2D eigenvalue weighted by molar-refractivity contribution is 5.70. The number of ether oxygens (including phenoxy) is 2. The van der Waals surface area contributed by atoms with Crippen LogP contribution in [0.4, 0.5) is 17.3 Å². The minimum absolute atomic E-state index is 0.0761. The smallest absolute Gasteiger partial charge is 0.353 e. The number of anilines is 2. The van der Waals surface area contributed by atoms with E-state index in [9.17, 15) is 10.1 Å². The van der Waals surface area contributed by atoms with Gasteiger partial charge in [-0.2, -0.15) is 0 Å². The third-order valence-electron chi connectivity index (χ3n) is 4.97. The molecule has 9 heteroatoms. The number of benzene rings is 1. The van der Waals surface area contributed by atoms with Crippen molar-refractivity contribution in [2.75, 3.05) is 30.1 Å². The van der Waals surface area contributed by atoms with Crippen LogP contribution < -0.4 is 19.7 Å². The number of nitro groups is 1. The summed E-state index contributed by atoms with van der Waals surface area (Å²) in [6.45, 7) is 4.32. The first-order valence-electron chi connectivity index (χ1n) is 8.98. The molecule has 0 bridgehead atoms. The zero-order valence-electron chi connectivity index (χ0n) is 15.1. The fourth-order valence-electron chi connectivity index (χ4n) is 3.36. The summed E-state index contributed by atoms with van der Waals surface area (Å²) in [5.74, 6) is 2.62. The molecule has 1 saturated heterocycles. The first-order valence-corrected chi connectivity index (χ1v) is 8.98. The largest absolute Gasteiger partial charge is 0.454 e. The van der Waals surface area contributed by atoms with Crippen molar-refractivity contribution in [3.05, 3.63) is 40.2 Å². The van der Waals surface area contributed by atoms with E-state index in [4.69, 9.17) is 9.47 Å². The van der Waals surface area contributed by atoms with E-state index in [2.05, 4.69) is 22.2 Å². The van der Waals surface area contributed by atoms with E-state index in [0.717, 1.165) is 31.5 Å². The molecule has 1 aromatic heterocycles. The predicted octanol–water partition coefficient (Wildman–Crippen LogP) is 2.96. The highest BCUT2D eigenvalue weighted by Crippen LogP contribution is 2.35. The van der Waals surface area contributed by atoms with Crippen molar-refractivity contribution >= 4 is 17.3 Å². The first kappa shape index (κ1) is 17.3. The maximum atomic E-state index is 11.7. The standard InChI is InChI=1S/C18H21N5O4/c1-12-4-6-22(7-5-12)18-16(23(24)25)17(20-10-21-18)19-9-13-2-3-14-15(8-13)27-11-26-14/h2-3,8,10,12H,4-7,9,11H2,1H3,(H,19,20,21). The van der Waals surface area contributed by atoms with Gasteiger partial charge in [-0.3, -0.25) is 10.1 Å². The molecule has 1 N–H and O–H groups in total. The SMILES string of the molecule is CC1CCN(c2ncnc(NCc3ccc4c(c3)OCO4)c2[N+](=O)[O-])CC1. The van der Waals surface area contributed by atoms with Gasteiger partial charge in [-0.05, 0) is 36.5 Å². The molecule has 0 aliphatic carbocycles. The Morgan fingerprint density at radius 3 is 2.81 bits per heavy atom. The minimum atomic E-state index is -0.407. The molecule has 0 spiro atoms. The monoisotopic (exact) mass is 371 g/mol. The molecule has 9 nitrogen and oxygen atoms in total. The second-order valence-corrected chi connectivity index (χ2v) is 6.86. The van der Waals surface area contributed by atoms with Crippen LogP contribution in [0.3, 0.4) is 0 Å². The Hall–Kier alpha value is -3.10. The number of rotatable bonds is 5. The van der Waals surface area contributed by atoms with Crippen molar-refractivity contribution in [2.24, 2.45) is 5.92 Å². The predicted molar refractivity (Wildman–Crippen MR) is 99.2 cm³/mol. The van der Waals surface area contributed by atoms with Crippen LogP contribution in [0.15, 0.2) is 24.5 Å². The van der Waals surface area contributed by atoms with Crippen LogP contribution in [-0.2, 0) is 6.54 Å². The molecule has 2 aliphatic rings. The zero-order chi connectivity index (χ0) is 18.8. The van der Waals surface area contributed by atoms with Crippen LogP contribution in [0, 0.1) is 16.0 Å². The Bertz CT molecular complexity index is 852. The van der Waals surface area contributed by atoms with Crippen molar-refractivity contribution < 1.29 is 14.4 Å². The molecule has 0 radical (unpaired) electrons. The molecule has 1 fully saturated rings. The summed E-state index contributed by atoms with van der Waals surface area (Å²) in [4.78, 5) is 21.6. The van der Waals surface area contributed by atoms with Gasteiger partial charge >= 0.3 is 5.69 Å². The van der Waals surface area contributed by atoms with Gasteiger partial charge in [0.15, 0.2) is 11.5 Å². The fraction of sp³-hybridized carbons (Fsp3) is 0.444. The summed E-state index contributed by atoms with van der Waals surface area (Å²) < 4.78 is 10.7. The minimum Gasteiger partial charge on any atom is -0.454 e. The highest BCUT2D eigenvalue weighted by Gasteiger charge is 2.29. The topological polar surface area (TPSA) is 103 Å². The average Bonchev–Trinajstić information content (AvgIpc) is 3.14. The second kappa shape index (κ2) is 7.26. The van der Waals surface area contributed by atoms with E-state index in [1.165, 1.54) is 6.33 Å². The van der Waals surface area contributed by atoms with Crippen LogP contribution in [-0.4, -0.2) is 34.8 Å². The number of aromatic nitrogens is 2. The Morgan fingerprint density at radius 1 is 1.26 bits per heavy atom. The molecule has 3 heterocycles. The van der Waals surface area contributed by atoms with Crippen LogP contribution in [0.2, 0.25) is 0 Å². The van der Waals surface area contributed by atoms with Gasteiger partial charge in [0.05, 0.1) is 4.92 Å². The van der Waals surface area contributed by atoms with Crippen LogP contribution in [0.1, 0.15) is 25.3 Å².